The highest BCUT2D eigenvalue weighted by atomic mass is 16.5. The first-order valence-electron chi connectivity index (χ1n) is 6.00. The molecule has 0 saturated heterocycles. The molecule has 0 unspecified atom stereocenters. The van der Waals surface area contributed by atoms with Crippen LogP contribution in [-0.4, -0.2) is 25.4 Å². The first-order chi connectivity index (χ1) is 7.80. The van der Waals surface area contributed by atoms with Crippen molar-refractivity contribution >= 4 is 0 Å². The van der Waals surface area contributed by atoms with Crippen molar-refractivity contribution in [1.82, 2.24) is 0 Å². The van der Waals surface area contributed by atoms with Crippen LogP contribution in [-0.2, 0) is 16.6 Å². The van der Waals surface area contributed by atoms with Gasteiger partial charge in [-0.3, -0.25) is 0 Å². The summed E-state index contributed by atoms with van der Waals surface area (Å²) >= 11 is 0. The maximum atomic E-state index is 8.77. The van der Waals surface area contributed by atoms with E-state index in [1.54, 1.807) is 7.11 Å². The number of hydrogen-bond donors (Lipinski definition) is 1. The van der Waals surface area contributed by atoms with E-state index >= 15 is 0 Å². The number of rotatable bonds is 6. The van der Waals surface area contributed by atoms with Gasteiger partial charge in [-0.1, -0.05) is 24.3 Å². The lowest BCUT2D eigenvalue weighted by molar-refractivity contribution is 0.171. The number of aliphatic hydroxyl groups excluding tert-OH is 1. The molecule has 88 valence electrons. The zero-order valence-electron chi connectivity index (χ0n) is 9.91. The van der Waals surface area contributed by atoms with E-state index in [1.807, 2.05) is 0 Å². The maximum Gasteiger partial charge on any atom is 0.0559 e. The molecule has 1 aromatic carbocycles. The molecule has 1 aliphatic carbocycles. The predicted molar refractivity (Wildman–Crippen MR) is 64.6 cm³/mol. The number of hydrogen-bond acceptors (Lipinski definition) is 2. The zero-order valence-corrected chi connectivity index (χ0v) is 9.91. The highest BCUT2D eigenvalue weighted by Crippen LogP contribution is 2.48. The SMILES string of the molecule is COCC1(c2ccc(CCCO)cc2)CC1. The Labute approximate surface area is 97.3 Å². The summed E-state index contributed by atoms with van der Waals surface area (Å²) in [6, 6.07) is 8.80. The first-order valence-corrected chi connectivity index (χ1v) is 6.00. The van der Waals surface area contributed by atoms with Crippen LogP contribution < -0.4 is 0 Å². The van der Waals surface area contributed by atoms with Crippen molar-refractivity contribution in [2.45, 2.75) is 31.1 Å². The van der Waals surface area contributed by atoms with Crippen molar-refractivity contribution in [2.24, 2.45) is 0 Å². The topological polar surface area (TPSA) is 29.5 Å². The van der Waals surface area contributed by atoms with Gasteiger partial charge in [0.05, 0.1) is 6.61 Å². The van der Waals surface area contributed by atoms with E-state index in [0.29, 0.717) is 5.41 Å². The third kappa shape index (κ3) is 2.45. The lowest BCUT2D eigenvalue weighted by Gasteiger charge is -2.14. The Bertz CT molecular complexity index is 325. The Morgan fingerprint density at radius 2 is 1.94 bits per heavy atom. The summed E-state index contributed by atoms with van der Waals surface area (Å²) in [5.41, 5.74) is 3.03. The van der Waals surface area contributed by atoms with Gasteiger partial charge in [0, 0.05) is 19.1 Å². The van der Waals surface area contributed by atoms with Gasteiger partial charge in [-0.2, -0.15) is 0 Å². The normalized spacial score (nSPS) is 17.4. The van der Waals surface area contributed by atoms with E-state index in [9.17, 15) is 0 Å². The quantitative estimate of drug-likeness (QED) is 0.797. The number of ether oxygens (including phenoxy) is 1. The minimum absolute atomic E-state index is 0.273. The average Bonchev–Trinajstić information content (AvgIpc) is 3.09. The van der Waals surface area contributed by atoms with Crippen LogP contribution in [0.4, 0.5) is 0 Å². The second-order valence-corrected chi connectivity index (χ2v) is 4.74. The van der Waals surface area contributed by atoms with Crippen molar-refractivity contribution in [3.63, 3.8) is 0 Å². The maximum absolute atomic E-state index is 8.77. The minimum Gasteiger partial charge on any atom is -0.396 e. The highest BCUT2D eigenvalue weighted by Gasteiger charge is 2.44. The summed E-state index contributed by atoms with van der Waals surface area (Å²) in [5.74, 6) is 0. The fraction of sp³-hybridized carbons (Fsp3) is 0.571. The molecule has 2 heteroatoms. The largest absolute Gasteiger partial charge is 0.396 e. The van der Waals surface area contributed by atoms with E-state index in [1.165, 1.54) is 24.0 Å². The van der Waals surface area contributed by atoms with E-state index < -0.39 is 0 Å². The summed E-state index contributed by atoms with van der Waals surface area (Å²) in [6.07, 6.45) is 4.31. The van der Waals surface area contributed by atoms with Crippen LogP contribution in [0.2, 0.25) is 0 Å². The lowest BCUT2D eigenvalue weighted by Crippen LogP contribution is -2.13. The number of aliphatic hydroxyl groups is 1. The Kier molecular flexibility index (Phi) is 3.62. The smallest absolute Gasteiger partial charge is 0.0559 e. The number of aryl methyl sites for hydroxylation is 1. The van der Waals surface area contributed by atoms with Crippen molar-refractivity contribution in [3.8, 4) is 0 Å². The standard InChI is InChI=1S/C14H20O2/c1-16-11-14(8-9-14)13-6-4-12(5-7-13)3-2-10-15/h4-7,15H,2-3,8-11H2,1H3. The van der Waals surface area contributed by atoms with E-state index in [4.69, 9.17) is 9.84 Å². The van der Waals surface area contributed by atoms with Crippen molar-refractivity contribution in [3.05, 3.63) is 35.4 Å². The van der Waals surface area contributed by atoms with Gasteiger partial charge >= 0.3 is 0 Å². The fourth-order valence-corrected chi connectivity index (χ4v) is 2.25. The van der Waals surface area contributed by atoms with Gasteiger partial charge in [0.25, 0.3) is 0 Å². The van der Waals surface area contributed by atoms with Gasteiger partial charge in [-0.25, -0.2) is 0 Å². The molecule has 2 nitrogen and oxygen atoms in total. The summed E-state index contributed by atoms with van der Waals surface area (Å²) < 4.78 is 5.29. The van der Waals surface area contributed by atoms with Crippen LogP contribution in [0.3, 0.4) is 0 Å². The van der Waals surface area contributed by atoms with Crippen LogP contribution in [0.15, 0.2) is 24.3 Å². The molecule has 2 rings (SSSR count). The molecule has 16 heavy (non-hydrogen) atoms. The molecular formula is C14H20O2. The summed E-state index contributed by atoms with van der Waals surface area (Å²) in [4.78, 5) is 0. The molecule has 1 saturated carbocycles. The monoisotopic (exact) mass is 220 g/mol. The molecule has 0 radical (unpaired) electrons. The van der Waals surface area contributed by atoms with E-state index in [2.05, 4.69) is 24.3 Å². The number of benzene rings is 1. The molecule has 0 aliphatic heterocycles. The molecule has 0 spiro atoms. The lowest BCUT2D eigenvalue weighted by atomic mass is 9.95. The van der Waals surface area contributed by atoms with E-state index in [0.717, 1.165) is 19.4 Å². The molecule has 0 amide bonds. The Hall–Kier alpha value is -0.860. The van der Waals surface area contributed by atoms with Crippen molar-refractivity contribution in [1.29, 1.82) is 0 Å². The second-order valence-electron chi connectivity index (χ2n) is 4.74. The number of methoxy groups -OCH3 is 1. The molecule has 1 fully saturated rings. The summed E-state index contributed by atoms with van der Waals surface area (Å²) in [5, 5.41) is 8.77. The molecular weight excluding hydrogens is 200 g/mol. The van der Waals surface area contributed by atoms with Crippen LogP contribution in [0.1, 0.15) is 30.4 Å². The Morgan fingerprint density at radius 1 is 1.25 bits per heavy atom. The third-order valence-corrected chi connectivity index (χ3v) is 3.46. The second kappa shape index (κ2) is 4.98. The summed E-state index contributed by atoms with van der Waals surface area (Å²) in [7, 11) is 1.77. The Morgan fingerprint density at radius 3 is 2.44 bits per heavy atom. The molecule has 0 aromatic heterocycles. The third-order valence-electron chi connectivity index (χ3n) is 3.46. The zero-order chi connectivity index (χ0) is 11.4. The van der Waals surface area contributed by atoms with Gasteiger partial charge in [0.15, 0.2) is 0 Å². The molecule has 0 heterocycles. The van der Waals surface area contributed by atoms with Gasteiger partial charge in [-0.15, -0.1) is 0 Å². The van der Waals surface area contributed by atoms with Crippen LogP contribution in [0, 0.1) is 0 Å². The summed E-state index contributed by atoms with van der Waals surface area (Å²) in [6.45, 7) is 1.11. The molecule has 1 aliphatic rings. The Balaban J connectivity index is 2.02. The van der Waals surface area contributed by atoms with Crippen molar-refractivity contribution in [2.75, 3.05) is 20.3 Å². The molecule has 0 atom stereocenters. The van der Waals surface area contributed by atoms with Gasteiger partial charge in [0.1, 0.15) is 0 Å². The fourth-order valence-electron chi connectivity index (χ4n) is 2.25. The molecule has 1 N–H and O–H groups in total. The first kappa shape index (κ1) is 11.6. The van der Waals surface area contributed by atoms with Gasteiger partial charge in [0.2, 0.25) is 0 Å². The predicted octanol–water partition coefficient (Wildman–Crippen LogP) is 2.29. The van der Waals surface area contributed by atoms with Crippen LogP contribution in [0.25, 0.3) is 0 Å². The van der Waals surface area contributed by atoms with Crippen LogP contribution >= 0.6 is 0 Å². The minimum atomic E-state index is 0.273. The molecule has 1 aromatic rings. The van der Waals surface area contributed by atoms with Crippen LogP contribution in [0.5, 0.6) is 0 Å². The van der Waals surface area contributed by atoms with Gasteiger partial charge < -0.3 is 9.84 Å². The van der Waals surface area contributed by atoms with Crippen molar-refractivity contribution < 1.29 is 9.84 Å². The average molecular weight is 220 g/mol. The van der Waals surface area contributed by atoms with Gasteiger partial charge in [-0.05, 0) is 36.8 Å². The highest BCUT2D eigenvalue weighted by molar-refractivity contribution is 5.34. The van der Waals surface area contributed by atoms with E-state index in [-0.39, 0.29) is 6.61 Å². The molecule has 0 bridgehead atoms.